The van der Waals surface area contributed by atoms with Crippen LogP contribution >= 0.6 is 15.9 Å². The lowest BCUT2D eigenvalue weighted by Gasteiger charge is -2.07. The van der Waals surface area contributed by atoms with E-state index in [1.807, 2.05) is 13.8 Å². The molecule has 0 saturated carbocycles. The monoisotopic (exact) mass is 274 g/mol. The summed E-state index contributed by atoms with van der Waals surface area (Å²) in [7, 11) is 0. The average Bonchev–Trinajstić information content (AvgIpc) is 2.14. The van der Waals surface area contributed by atoms with Crippen LogP contribution in [-0.4, -0.2) is 17.4 Å². The number of halogens is 2. The summed E-state index contributed by atoms with van der Waals surface area (Å²) in [5.74, 6) is -0.771. The summed E-state index contributed by atoms with van der Waals surface area (Å²) in [5, 5.41) is 2.60. The fraction of sp³-hybridized carbons (Fsp3) is 0.400. The molecule has 0 bridgehead atoms. The van der Waals surface area contributed by atoms with Crippen LogP contribution in [0.25, 0.3) is 0 Å². The Hall–Kier alpha value is -0.970. The number of pyridine rings is 1. The lowest BCUT2D eigenvalue weighted by Crippen LogP contribution is -2.28. The van der Waals surface area contributed by atoms with Crippen LogP contribution in [0.4, 0.5) is 4.39 Å². The minimum atomic E-state index is -0.620. The van der Waals surface area contributed by atoms with Gasteiger partial charge in [0.2, 0.25) is 0 Å². The summed E-state index contributed by atoms with van der Waals surface area (Å²) in [5.41, 5.74) is -0.168. The van der Waals surface area contributed by atoms with Crippen LogP contribution in [0.5, 0.6) is 0 Å². The average molecular weight is 275 g/mol. The summed E-state index contributed by atoms with van der Waals surface area (Å²) in [6.07, 6.45) is 1.40. The van der Waals surface area contributed by atoms with Gasteiger partial charge in [-0.1, -0.05) is 13.8 Å². The van der Waals surface area contributed by atoms with Gasteiger partial charge >= 0.3 is 0 Å². The maximum Gasteiger partial charge on any atom is 0.272 e. The third-order valence-electron chi connectivity index (χ3n) is 1.69. The van der Waals surface area contributed by atoms with Crippen molar-refractivity contribution in [3.05, 3.63) is 28.2 Å². The van der Waals surface area contributed by atoms with E-state index in [0.29, 0.717) is 16.9 Å². The van der Waals surface area contributed by atoms with Gasteiger partial charge in [-0.3, -0.25) is 4.79 Å². The number of carbonyl (C=O) groups excluding carboxylic acids is 1. The van der Waals surface area contributed by atoms with E-state index in [4.69, 9.17) is 0 Å². The Kier molecular flexibility index (Phi) is 4.20. The van der Waals surface area contributed by atoms with Crippen molar-refractivity contribution in [2.45, 2.75) is 13.8 Å². The normalized spacial score (nSPS) is 10.5. The fourth-order valence-electron chi connectivity index (χ4n) is 0.962. The molecule has 0 atom stereocenters. The molecule has 15 heavy (non-hydrogen) atoms. The first-order chi connectivity index (χ1) is 7.00. The van der Waals surface area contributed by atoms with Crippen LogP contribution in [0.2, 0.25) is 0 Å². The Balaban J connectivity index is 2.74. The van der Waals surface area contributed by atoms with E-state index < -0.39 is 11.7 Å². The molecule has 1 rings (SSSR count). The van der Waals surface area contributed by atoms with E-state index >= 15 is 0 Å². The van der Waals surface area contributed by atoms with E-state index in [0.717, 1.165) is 0 Å². The second kappa shape index (κ2) is 5.21. The SMILES string of the molecule is CC(C)CNC(=O)c1ncc(Br)cc1F. The van der Waals surface area contributed by atoms with Crippen LogP contribution < -0.4 is 5.32 Å². The van der Waals surface area contributed by atoms with E-state index in [2.05, 4.69) is 26.2 Å². The molecule has 1 amide bonds. The molecule has 1 aromatic rings. The Morgan fingerprint density at radius 1 is 1.67 bits per heavy atom. The molecule has 0 fully saturated rings. The predicted molar refractivity (Wildman–Crippen MR) is 59.1 cm³/mol. The summed E-state index contributed by atoms with van der Waals surface area (Å²) in [6.45, 7) is 4.44. The zero-order chi connectivity index (χ0) is 11.4. The van der Waals surface area contributed by atoms with Crippen LogP contribution in [0.15, 0.2) is 16.7 Å². The molecule has 0 saturated heterocycles. The lowest BCUT2D eigenvalue weighted by molar-refractivity contribution is 0.0939. The van der Waals surface area contributed by atoms with Gasteiger partial charge in [-0.15, -0.1) is 0 Å². The third kappa shape index (κ3) is 3.58. The zero-order valence-corrected chi connectivity index (χ0v) is 10.1. The number of carbonyl (C=O) groups is 1. The summed E-state index contributed by atoms with van der Waals surface area (Å²) >= 11 is 3.07. The maximum atomic E-state index is 13.3. The third-order valence-corrected chi connectivity index (χ3v) is 2.13. The van der Waals surface area contributed by atoms with Gasteiger partial charge in [-0.25, -0.2) is 9.37 Å². The Labute approximate surface area is 96.2 Å². The first kappa shape index (κ1) is 12.1. The number of rotatable bonds is 3. The zero-order valence-electron chi connectivity index (χ0n) is 8.55. The molecule has 0 unspecified atom stereocenters. The number of hydrogen-bond donors (Lipinski definition) is 1. The van der Waals surface area contributed by atoms with E-state index in [1.54, 1.807) is 0 Å². The number of amides is 1. The molecular formula is C10H12BrFN2O. The molecule has 5 heteroatoms. The van der Waals surface area contributed by atoms with Gasteiger partial charge in [0.05, 0.1) is 0 Å². The van der Waals surface area contributed by atoms with Crippen molar-refractivity contribution in [1.29, 1.82) is 0 Å². The minimum Gasteiger partial charge on any atom is -0.350 e. The predicted octanol–water partition coefficient (Wildman–Crippen LogP) is 2.37. The number of nitrogens with zero attached hydrogens (tertiary/aromatic N) is 1. The number of aromatic nitrogens is 1. The van der Waals surface area contributed by atoms with Gasteiger partial charge in [0.1, 0.15) is 0 Å². The molecule has 0 aliphatic carbocycles. The van der Waals surface area contributed by atoms with Gasteiger partial charge in [-0.2, -0.15) is 0 Å². The van der Waals surface area contributed by atoms with Crippen molar-refractivity contribution in [2.75, 3.05) is 6.54 Å². The van der Waals surface area contributed by atoms with Gasteiger partial charge in [-0.05, 0) is 27.9 Å². The molecule has 0 aliphatic rings. The van der Waals surface area contributed by atoms with Crippen molar-refractivity contribution < 1.29 is 9.18 Å². The standard InChI is InChI=1S/C10H12BrFN2O/c1-6(2)4-14-10(15)9-8(12)3-7(11)5-13-9/h3,5-6H,4H2,1-2H3,(H,14,15). The van der Waals surface area contributed by atoms with Gasteiger partial charge in [0, 0.05) is 17.2 Å². The second-order valence-corrected chi connectivity index (χ2v) is 4.50. The molecule has 0 aliphatic heterocycles. The molecule has 82 valence electrons. The number of hydrogen-bond acceptors (Lipinski definition) is 2. The lowest BCUT2D eigenvalue weighted by atomic mass is 10.2. The molecule has 1 N–H and O–H groups in total. The molecule has 1 heterocycles. The molecule has 1 aromatic heterocycles. The van der Waals surface area contributed by atoms with Crippen molar-refractivity contribution in [3.63, 3.8) is 0 Å². The van der Waals surface area contributed by atoms with E-state index in [-0.39, 0.29) is 5.69 Å². The van der Waals surface area contributed by atoms with Crippen LogP contribution in [0.3, 0.4) is 0 Å². The molecule has 0 aromatic carbocycles. The van der Waals surface area contributed by atoms with Crippen LogP contribution in [0, 0.1) is 11.7 Å². The molecule has 3 nitrogen and oxygen atoms in total. The summed E-state index contributed by atoms with van der Waals surface area (Å²) in [6, 6.07) is 1.22. The minimum absolute atomic E-state index is 0.168. The Morgan fingerprint density at radius 3 is 2.87 bits per heavy atom. The molecular weight excluding hydrogens is 263 g/mol. The highest BCUT2D eigenvalue weighted by Gasteiger charge is 2.13. The highest BCUT2D eigenvalue weighted by molar-refractivity contribution is 9.10. The number of nitrogens with one attached hydrogen (secondary N) is 1. The Morgan fingerprint density at radius 2 is 2.33 bits per heavy atom. The Bertz CT molecular complexity index is 368. The first-order valence-corrected chi connectivity index (χ1v) is 5.39. The van der Waals surface area contributed by atoms with Crippen molar-refractivity contribution in [1.82, 2.24) is 10.3 Å². The highest BCUT2D eigenvalue weighted by atomic mass is 79.9. The van der Waals surface area contributed by atoms with Crippen molar-refractivity contribution in [2.24, 2.45) is 5.92 Å². The van der Waals surface area contributed by atoms with Gasteiger partial charge in [0.25, 0.3) is 5.91 Å². The van der Waals surface area contributed by atoms with E-state index in [9.17, 15) is 9.18 Å². The largest absolute Gasteiger partial charge is 0.350 e. The van der Waals surface area contributed by atoms with Gasteiger partial charge < -0.3 is 5.32 Å². The first-order valence-electron chi connectivity index (χ1n) is 4.60. The fourth-order valence-corrected chi connectivity index (χ4v) is 1.27. The van der Waals surface area contributed by atoms with Crippen LogP contribution in [0.1, 0.15) is 24.3 Å². The quantitative estimate of drug-likeness (QED) is 0.920. The van der Waals surface area contributed by atoms with Crippen LogP contribution in [-0.2, 0) is 0 Å². The summed E-state index contributed by atoms with van der Waals surface area (Å²) in [4.78, 5) is 15.2. The second-order valence-electron chi connectivity index (χ2n) is 3.59. The molecule has 0 radical (unpaired) electrons. The van der Waals surface area contributed by atoms with Gasteiger partial charge in [0.15, 0.2) is 11.5 Å². The maximum absolute atomic E-state index is 13.3. The van der Waals surface area contributed by atoms with Crippen molar-refractivity contribution in [3.8, 4) is 0 Å². The van der Waals surface area contributed by atoms with Crippen molar-refractivity contribution >= 4 is 21.8 Å². The van der Waals surface area contributed by atoms with E-state index in [1.165, 1.54) is 12.3 Å². The smallest absolute Gasteiger partial charge is 0.272 e. The highest BCUT2D eigenvalue weighted by Crippen LogP contribution is 2.12. The molecule has 0 spiro atoms. The summed E-state index contributed by atoms with van der Waals surface area (Å²) < 4.78 is 13.8. The topological polar surface area (TPSA) is 42.0 Å².